The molecule has 1 aromatic heterocycles. The number of nitrogens with zero attached hydrogens (tertiary/aromatic N) is 1. The van der Waals surface area contributed by atoms with Gasteiger partial charge in [0.05, 0.1) is 6.61 Å². The molecule has 1 N–H and O–H groups in total. The maximum Gasteiger partial charge on any atom is 0.265 e. The van der Waals surface area contributed by atoms with E-state index in [9.17, 15) is 4.79 Å². The van der Waals surface area contributed by atoms with E-state index in [0.717, 1.165) is 17.3 Å². The summed E-state index contributed by atoms with van der Waals surface area (Å²) in [5, 5.41) is 10.8. The maximum atomic E-state index is 12.1. The van der Waals surface area contributed by atoms with Crippen molar-refractivity contribution >= 4 is 33.2 Å². The molecule has 0 aromatic carbocycles. The molecule has 0 aliphatic rings. The molecule has 0 saturated heterocycles. The number of halogens is 1. The molecule has 5 heteroatoms. The van der Waals surface area contributed by atoms with Gasteiger partial charge in [-0.05, 0) is 33.8 Å². The molecule has 16 heavy (non-hydrogen) atoms. The topological polar surface area (TPSA) is 40.5 Å². The number of rotatable bonds is 6. The van der Waals surface area contributed by atoms with Gasteiger partial charge in [-0.2, -0.15) is 0 Å². The van der Waals surface area contributed by atoms with Crippen LogP contribution in [0.4, 0.5) is 0 Å². The highest BCUT2D eigenvalue weighted by molar-refractivity contribution is 9.10. The van der Waals surface area contributed by atoms with Crippen LogP contribution in [0.15, 0.2) is 15.9 Å². The summed E-state index contributed by atoms with van der Waals surface area (Å²) in [5.74, 6) is 0.00405. The van der Waals surface area contributed by atoms with E-state index in [4.69, 9.17) is 5.11 Å². The largest absolute Gasteiger partial charge is 0.395 e. The minimum absolute atomic E-state index is 0.00405. The Morgan fingerprint density at radius 3 is 2.81 bits per heavy atom. The van der Waals surface area contributed by atoms with Crippen molar-refractivity contribution in [1.29, 1.82) is 0 Å². The Morgan fingerprint density at radius 2 is 2.31 bits per heavy atom. The number of hydrogen-bond acceptors (Lipinski definition) is 3. The van der Waals surface area contributed by atoms with Gasteiger partial charge >= 0.3 is 0 Å². The van der Waals surface area contributed by atoms with Gasteiger partial charge in [-0.3, -0.25) is 4.79 Å². The van der Waals surface area contributed by atoms with Gasteiger partial charge in [0.25, 0.3) is 5.91 Å². The van der Waals surface area contributed by atoms with E-state index in [-0.39, 0.29) is 12.5 Å². The molecule has 0 saturated carbocycles. The average molecular weight is 306 g/mol. The molecule has 0 aliphatic heterocycles. The SMILES string of the molecule is CCCCN(CCO)C(=O)c1sccc1Br. The lowest BCUT2D eigenvalue weighted by atomic mass is 10.3. The first-order valence-corrected chi connectivity index (χ1v) is 7.01. The number of carbonyl (C=O) groups is 1. The van der Waals surface area contributed by atoms with Crippen LogP contribution in [0, 0.1) is 0 Å². The molecule has 0 aliphatic carbocycles. The summed E-state index contributed by atoms with van der Waals surface area (Å²) in [6, 6.07) is 1.87. The van der Waals surface area contributed by atoms with Crippen LogP contribution in [0.5, 0.6) is 0 Å². The van der Waals surface area contributed by atoms with E-state index in [2.05, 4.69) is 22.9 Å². The molecule has 3 nitrogen and oxygen atoms in total. The lowest BCUT2D eigenvalue weighted by molar-refractivity contribution is 0.0723. The first kappa shape index (κ1) is 13.7. The van der Waals surface area contributed by atoms with Gasteiger partial charge in [-0.25, -0.2) is 0 Å². The summed E-state index contributed by atoms with van der Waals surface area (Å²) in [6.45, 7) is 3.21. The minimum atomic E-state index is 0.00405. The molecule has 90 valence electrons. The Balaban J connectivity index is 2.70. The van der Waals surface area contributed by atoms with Crippen LogP contribution in [0.1, 0.15) is 29.4 Å². The minimum Gasteiger partial charge on any atom is -0.395 e. The van der Waals surface area contributed by atoms with Gasteiger partial charge in [0.2, 0.25) is 0 Å². The van der Waals surface area contributed by atoms with E-state index < -0.39 is 0 Å². The van der Waals surface area contributed by atoms with Crippen LogP contribution in [0.3, 0.4) is 0 Å². The van der Waals surface area contributed by atoms with Crippen molar-refractivity contribution in [2.75, 3.05) is 19.7 Å². The standard InChI is InChI=1S/C11H16BrNO2S/c1-2-3-5-13(6-7-14)11(15)10-9(12)4-8-16-10/h4,8,14H,2-3,5-7H2,1H3. The first-order chi connectivity index (χ1) is 7.70. The smallest absolute Gasteiger partial charge is 0.265 e. The Hall–Kier alpha value is -0.390. The highest BCUT2D eigenvalue weighted by atomic mass is 79.9. The fourth-order valence-corrected chi connectivity index (χ4v) is 2.88. The van der Waals surface area contributed by atoms with Crippen molar-refractivity contribution in [3.05, 3.63) is 20.8 Å². The van der Waals surface area contributed by atoms with Crippen molar-refractivity contribution in [2.24, 2.45) is 0 Å². The van der Waals surface area contributed by atoms with Crippen LogP contribution in [0.2, 0.25) is 0 Å². The third-order valence-electron chi connectivity index (χ3n) is 2.25. The van der Waals surface area contributed by atoms with Crippen LogP contribution in [-0.4, -0.2) is 35.6 Å². The summed E-state index contributed by atoms with van der Waals surface area (Å²) in [6.07, 6.45) is 2.01. The Bertz CT molecular complexity index is 340. The fraction of sp³-hybridized carbons (Fsp3) is 0.545. The number of carbonyl (C=O) groups excluding carboxylic acids is 1. The van der Waals surface area contributed by atoms with Crippen LogP contribution < -0.4 is 0 Å². The van der Waals surface area contributed by atoms with E-state index >= 15 is 0 Å². The second kappa shape index (κ2) is 7.04. The van der Waals surface area contributed by atoms with Gasteiger partial charge in [-0.15, -0.1) is 11.3 Å². The molecule has 1 amide bonds. The average Bonchev–Trinajstić information content (AvgIpc) is 2.69. The number of thiophene rings is 1. The Kier molecular flexibility index (Phi) is 6.01. The van der Waals surface area contributed by atoms with E-state index in [1.165, 1.54) is 11.3 Å². The van der Waals surface area contributed by atoms with Crippen molar-refractivity contribution in [1.82, 2.24) is 4.90 Å². The summed E-state index contributed by atoms with van der Waals surface area (Å²) in [5.41, 5.74) is 0. The zero-order valence-electron chi connectivity index (χ0n) is 9.28. The number of unbranched alkanes of at least 4 members (excludes halogenated alkanes) is 1. The van der Waals surface area contributed by atoms with Crippen LogP contribution in [0.25, 0.3) is 0 Å². The van der Waals surface area contributed by atoms with Gasteiger partial charge in [-0.1, -0.05) is 13.3 Å². The Morgan fingerprint density at radius 1 is 1.56 bits per heavy atom. The molecule has 0 atom stereocenters. The zero-order chi connectivity index (χ0) is 12.0. The highest BCUT2D eigenvalue weighted by Crippen LogP contribution is 2.24. The van der Waals surface area contributed by atoms with Gasteiger partial charge in [0.1, 0.15) is 4.88 Å². The molecular weight excluding hydrogens is 290 g/mol. The Labute approximate surface area is 108 Å². The van der Waals surface area contributed by atoms with E-state index in [1.807, 2.05) is 11.4 Å². The third-order valence-corrected chi connectivity index (χ3v) is 4.08. The lowest BCUT2D eigenvalue weighted by Crippen LogP contribution is -2.34. The predicted octanol–water partition coefficient (Wildman–Crippen LogP) is 2.75. The highest BCUT2D eigenvalue weighted by Gasteiger charge is 2.18. The number of aliphatic hydroxyl groups is 1. The quantitative estimate of drug-likeness (QED) is 0.878. The molecule has 0 fully saturated rings. The first-order valence-electron chi connectivity index (χ1n) is 5.33. The molecule has 1 heterocycles. The normalized spacial score (nSPS) is 10.4. The van der Waals surface area contributed by atoms with Gasteiger partial charge in [0, 0.05) is 17.6 Å². The van der Waals surface area contributed by atoms with Crippen molar-refractivity contribution in [3.63, 3.8) is 0 Å². The maximum absolute atomic E-state index is 12.1. The number of amides is 1. The molecular formula is C11H16BrNO2S. The third kappa shape index (κ3) is 3.57. The predicted molar refractivity (Wildman–Crippen MR) is 69.9 cm³/mol. The van der Waals surface area contributed by atoms with Crippen LogP contribution in [-0.2, 0) is 0 Å². The summed E-state index contributed by atoms with van der Waals surface area (Å²) < 4.78 is 0.835. The molecule has 0 radical (unpaired) electrons. The van der Waals surface area contributed by atoms with Crippen molar-refractivity contribution in [3.8, 4) is 0 Å². The second-order valence-corrected chi connectivity index (χ2v) is 5.24. The van der Waals surface area contributed by atoms with Gasteiger partial charge in [0.15, 0.2) is 0 Å². The molecule has 0 spiro atoms. The van der Waals surface area contributed by atoms with E-state index in [1.54, 1.807) is 4.90 Å². The molecule has 1 rings (SSSR count). The lowest BCUT2D eigenvalue weighted by Gasteiger charge is -2.20. The van der Waals surface area contributed by atoms with Crippen LogP contribution >= 0.6 is 27.3 Å². The monoisotopic (exact) mass is 305 g/mol. The van der Waals surface area contributed by atoms with Gasteiger partial charge < -0.3 is 10.0 Å². The zero-order valence-corrected chi connectivity index (χ0v) is 11.7. The van der Waals surface area contributed by atoms with Crippen molar-refractivity contribution < 1.29 is 9.90 Å². The van der Waals surface area contributed by atoms with E-state index in [0.29, 0.717) is 18.0 Å². The second-order valence-electron chi connectivity index (χ2n) is 3.47. The summed E-state index contributed by atoms with van der Waals surface area (Å²) >= 11 is 4.78. The number of hydrogen-bond donors (Lipinski definition) is 1. The fourth-order valence-electron chi connectivity index (χ4n) is 1.37. The number of aliphatic hydroxyl groups excluding tert-OH is 1. The molecule has 1 aromatic rings. The summed E-state index contributed by atoms with van der Waals surface area (Å²) in [4.78, 5) is 14.5. The van der Waals surface area contributed by atoms with Crippen molar-refractivity contribution in [2.45, 2.75) is 19.8 Å². The summed E-state index contributed by atoms with van der Waals surface area (Å²) in [7, 11) is 0. The molecule has 0 bridgehead atoms. The molecule has 0 unspecified atom stereocenters.